The van der Waals surface area contributed by atoms with Crippen LogP contribution in [0.2, 0.25) is 0 Å². The first-order valence-electron chi connectivity index (χ1n) is 8.55. The number of rotatable bonds is 3. The standard InChI is InChI=1S/C18H28O4/c1-5-10-21-13-14(3)6-8-17(13,20)18-15(14,4)7-9-16(18,19)12(2)11-22-18/h5,12-13,19-20H,1,6-11H2,2-4H3/t12-,13-,14+,15-,16+,17+,18-/m0/s1. The molecule has 0 aromatic rings. The highest BCUT2D eigenvalue weighted by Crippen LogP contribution is 2.81. The van der Waals surface area contributed by atoms with Gasteiger partial charge in [0.05, 0.1) is 19.3 Å². The molecule has 3 saturated carbocycles. The number of fused-ring (bicyclic) bond motifs is 3. The summed E-state index contributed by atoms with van der Waals surface area (Å²) in [5, 5.41) is 23.2. The van der Waals surface area contributed by atoms with E-state index in [4.69, 9.17) is 9.47 Å². The van der Waals surface area contributed by atoms with E-state index in [0.717, 1.165) is 12.8 Å². The minimum absolute atomic E-state index is 0.0429. The second kappa shape index (κ2) is 3.97. The highest BCUT2D eigenvalue weighted by Gasteiger charge is 2.91. The summed E-state index contributed by atoms with van der Waals surface area (Å²) in [4.78, 5) is 0. The van der Waals surface area contributed by atoms with E-state index in [1.54, 1.807) is 6.08 Å². The van der Waals surface area contributed by atoms with E-state index in [2.05, 4.69) is 20.4 Å². The SMILES string of the molecule is C=CCO[C@@H]1[C@]2(O)CC[C@@]1(C)[C@]1(C)CC[C@@]3(O)[C@@H](C)CO[C@]123. The van der Waals surface area contributed by atoms with Crippen molar-refractivity contribution in [2.24, 2.45) is 16.7 Å². The van der Waals surface area contributed by atoms with Gasteiger partial charge in [-0.15, -0.1) is 6.58 Å². The number of hydrogen-bond acceptors (Lipinski definition) is 4. The molecular weight excluding hydrogens is 280 g/mol. The Bertz CT molecular complexity index is 535. The van der Waals surface area contributed by atoms with E-state index in [1.807, 2.05) is 6.92 Å². The Hall–Kier alpha value is -0.420. The fourth-order valence-corrected chi connectivity index (χ4v) is 6.85. The van der Waals surface area contributed by atoms with Gasteiger partial charge >= 0.3 is 0 Å². The molecule has 4 heteroatoms. The van der Waals surface area contributed by atoms with Crippen LogP contribution in [0, 0.1) is 16.7 Å². The minimum Gasteiger partial charge on any atom is -0.386 e. The van der Waals surface area contributed by atoms with Gasteiger partial charge in [-0.3, -0.25) is 0 Å². The van der Waals surface area contributed by atoms with Crippen LogP contribution in [0.4, 0.5) is 0 Å². The van der Waals surface area contributed by atoms with Crippen LogP contribution in [0.3, 0.4) is 0 Å². The summed E-state index contributed by atoms with van der Waals surface area (Å²) in [6.07, 6.45) is 4.55. The predicted octanol–water partition coefficient (Wildman–Crippen LogP) is 2.04. The molecule has 3 aliphatic carbocycles. The molecule has 0 aromatic heterocycles. The molecule has 1 spiro atoms. The summed E-state index contributed by atoms with van der Waals surface area (Å²) >= 11 is 0. The fraction of sp³-hybridized carbons (Fsp3) is 0.889. The zero-order valence-electron chi connectivity index (χ0n) is 13.9. The molecule has 4 rings (SSSR count). The van der Waals surface area contributed by atoms with Crippen molar-refractivity contribution in [1.29, 1.82) is 0 Å². The summed E-state index contributed by atoms with van der Waals surface area (Å²) < 4.78 is 12.4. The van der Waals surface area contributed by atoms with Crippen LogP contribution in [0.15, 0.2) is 12.7 Å². The molecule has 0 aromatic carbocycles. The maximum atomic E-state index is 11.7. The molecule has 124 valence electrons. The van der Waals surface area contributed by atoms with Gasteiger partial charge in [0.15, 0.2) is 0 Å². The van der Waals surface area contributed by atoms with Crippen molar-refractivity contribution in [3.8, 4) is 0 Å². The van der Waals surface area contributed by atoms with Gasteiger partial charge in [-0.05, 0) is 25.7 Å². The van der Waals surface area contributed by atoms with Crippen LogP contribution in [0.5, 0.6) is 0 Å². The largest absolute Gasteiger partial charge is 0.386 e. The van der Waals surface area contributed by atoms with Crippen LogP contribution >= 0.6 is 0 Å². The van der Waals surface area contributed by atoms with E-state index in [9.17, 15) is 10.2 Å². The van der Waals surface area contributed by atoms with Gasteiger partial charge in [0.1, 0.15) is 16.8 Å². The molecule has 0 radical (unpaired) electrons. The first kappa shape index (κ1) is 15.1. The quantitative estimate of drug-likeness (QED) is 0.783. The van der Waals surface area contributed by atoms with E-state index in [0.29, 0.717) is 26.1 Å². The number of aliphatic hydroxyl groups is 2. The molecule has 2 N–H and O–H groups in total. The third-order valence-corrected chi connectivity index (χ3v) is 8.05. The topological polar surface area (TPSA) is 58.9 Å². The molecule has 2 bridgehead atoms. The Morgan fingerprint density at radius 3 is 2.55 bits per heavy atom. The van der Waals surface area contributed by atoms with E-state index in [1.165, 1.54) is 0 Å². The molecule has 22 heavy (non-hydrogen) atoms. The summed E-state index contributed by atoms with van der Waals surface area (Å²) in [6, 6.07) is 0. The molecule has 1 saturated heterocycles. The van der Waals surface area contributed by atoms with Gasteiger partial charge in [-0.1, -0.05) is 26.8 Å². The average molecular weight is 308 g/mol. The van der Waals surface area contributed by atoms with Crippen molar-refractivity contribution in [2.75, 3.05) is 13.2 Å². The minimum atomic E-state index is -1.12. The third kappa shape index (κ3) is 1.12. The molecule has 4 fully saturated rings. The van der Waals surface area contributed by atoms with Crippen LogP contribution in [-0.4, -0.2) is 46.3 Å². The maximum absolute atomic E-state index is 11.7. The Morgan fingerprint density at radius 2 is 1.86 bits per heavy atom. The monoisotopic (exact) mass is 308 g/mol. The van der Waals surface area contributed by atoms with Crippen LogP contribution in [0.25, 0.3) is 0 Å². The van der Waals surface area contributed by atoms with Crippen molar-refractivity contribution in [3.05, 3.63) is 12.7 Å². The van der Waals surface area contributed by atoms with Crippen molar-refractivity contribution in [3.63, 3.8) is 0 Å². The van der Waals surface area contributed by atoms with Crippen molar-refractivity contribution < 1.29 is 19.7 Å². The number of hydrogen-bond donors (Lipinski definition) is 2. The highest BCUT2D eigenvalue weighted by atomic mass is 16.6. The lowest BCUT2D eigenvalue weighted by atomic mass is 9.56. The molecule has 0 unspecified atom stereocenters. The van der Waals surface area contributed by atoms with E-state index in [-0.39, 0.29) is 22.9 Å². The fourth-order valence-electron chi connectivity index (χ4n) is 6.85. The summed E-state index contributed by atoms with van der Waals surface area (Å²) in [7, 11) is 0. The van der Waals surface area contributed by atoms with Gasteiger partial charge in [0.25, 0.3) is 0 Å². The molecule has 1 heterocycles. The Kier molecular flexibility index (Phi) is 2.73. The van der Waals surface area contributed by atoms with Crippen LogP contribution in [0.1, 0.15) is 46.5 Å². The van der Waals surface area contributed by atoms with Gasteiger partial charge in [0.2, 0.25) is 0 Å². The van der Waals surface area contributed by atoms with Crippen LogP contribution in [-0.2, 0) is 9.47 Å². The van der Waals surface area contributed by atoms with Gasteiger partial charge < -0.3 is 19.7 Å². The lowest BCUT2D eigenvalue weighted by Gasteiger charge is -2.54. The van der Waals surface area contributed by atoms with Crippen molar-refractivity contribution in [2.45, 2.75) is 69.4 Å². The lowest BCUT2D eigenvalue weighted by molar-refractivity contribution is -0.256. The predicted molar refractivity (Wildman–Crippen MR) is 82.4 cm³/mol. The summed E-state index contributed by atoms with van der Waals surface area (Å²) in [6.45, 7) is 11.1. The number of ether oxygens (including phenoxy) is 2. The zero-order valence-corrected chi connectivity index (χ0v) is 13.9. The first-order valence-corrected chi connectivity index (χ1v) is 8.55. The Labute approximate surface area is 132 Å². The Balaban J connectivity index is 1.91. The zero-order chi connectivity index (χ0) is 16.0. The molecule has 0 amide bonds. The molecule has 7 atom stereocenters. The van der Waals surface area contributed by atoms with E-state index < -0.39 is 16.8 Å². The van der Waals surface area contributed by atoms with Gasteiger partial charge in [-0.2, -0.15) is 0 Å². The molecule has 1 aliphatic heterocycles. The summed E-state index contributed by atoms with van der Waals surface area (Å²) in [5.74, 6) is 0.0429. The Morgan fingerprint density at radius 1 is 1.18 bits per heavy atom. The van der Waals surface area contributed by atoms with Gasteiger partial charge in [0, 0.05) is 16.7 Å². The highest BCUT2D eigenvalue weighted by molar-refractivity contribution is 5.41. The maximum Gasteiger partial charge on any atom is 0.134 e. The molecule has 4 nitrogen and oxygen atoms in total. The van der Waals surface area contributed by atoms with Gasteiger partial charge in [-0.25, -0.2) is 0 Å². The second-order valence-electron chi connectivity index (χ2n) is 8.49. The third-order valence-electron chi connectivity index (χ3n) is 8.05. The van der Waals surface area contributed by atoms with Crippen LogP contribution < -0.4 is 0 Å². The van der Waals surface area contributed by atoms with E-state index >= 15 is 0 Å². The second-order valence-corrected chi connectivity index (χ2v) is 8.49. The average Bonchev–Trinajstić information content (AvgIpc) is 3.03. The van der Waals surface area contributed by atoms with Crippen molar-refractivity contribution in [1.82, 2.24) is 0 Å². The lowest BCUT2D eigenvalue weighted by Crippen LogP contribution is -2.69. The smallest absolute Gasteiger partial charge is 0.134 e. The molecule has 4 aliphatic rings. The molecular formula is C18H28O4. The normalized spacial score (nSPS) is 62.2. The van der Waals surface area contributed by atoms with Crippen molar-refractivity contribution >= 4 is 0 Å². The first-order chi connectivity index (χ1) is 10.2. The summed E-state index contributed by atoms with van der Waals surface area (Å²) in [5.41, 5.74) is -3.41.